The molecule has 0 spiro atoms. The first-order valence-corrected chi connectivity index (χ1v) is 6.48. The highest BCUT2D eigenvalue weighted by Crippen LogP contribution is 2.35. The fourth-order valence-electron chi connectivity index (χ4n) is 2.29. The van der Waals surface area contributed by atoms with Gasteiger partial charge in [0, 0.05) is 18.3 Å². The molecule has 2 atom stereocenters. The molecule has 0 amide bonds. The number of ether oxygens (including phenoxy) is 1. The van der Waals surface area contributed by atoms with Gasteiger partial charge in [-0.05, 0) is 26.0 Å². The number of aromatic carboxylic acids is 1. The number of halogens is 1. The second-order valence-corrected chi connectivity index (χ2v) is 5.26. The fraction of sp³-hybridized carbons (Fsp3) is 0.462. The predicted octanol–water partition coefficient (Wildman–Crippen LogP) is 2.23. The molecule has 1 aliphatic rings. The Labute approximate surface area is 116 Å². The first-order valence-electron chi connectivity index (χ1n) is 6.10. The van der Waals surface area contributed by atoms with Gasteiger partial charge in [0.25, 0.3) is 0 Å². The van der Waals surface area contributed by atoms with Crippen LogP contribution in [0.2, 0.25) is 5.02 Å². The molecule has 1 fully saturated rings. The van der Waals surface area contributed by atoms with Gasteiger partial charge in [0.1, 0.15) is 0 Å². The van der Waals surface area contributed by atoms with Gasteiger partial charge in [0.05, 0.1) is 29.0 Å². The van der Waals surface area contributed by atoms with Crippen molar-refractivity contribution in [1.82, 2.24) is 0 Å². The lowest BCUT2D eigenvalue weighted by Gasteiger charge is -2.39. The monoisotopic (exact) mass is 284 g/mol. The molecular weight excluding hydrogens is 268 g/mol. The summed E-state index contributed by atoms with van der Waals surface area (Å²) in [6.07, 6.45) is 0.0338. The zero-order chi connectivity index (χ0) is 14.2. The summed E-state index contributed by atoms with van der Waals surface area (Å²) in [6, 6.07) is 3.09. The summed E-state index contributed by atoms with van der Waals surface area (Å²) in [5, 5.41) is 9.68. The highest BCUT2D eigenvalue weighted by atomic mass is 35.5. The molecule has 1 aromatic rings. The summed E-state index contributed by atoms with van der Waals surface area (Å²) in [7, 11) is 0. The maximum Gasteiger partial charge on any atom is 0.337 e. The molecule has 0 saturated carbocycles. The second kappa shape index (κ2) is 5.27. The molecule has 1 heterocycles. The molecule has 2 unspecified atom stereocenters. The van der Waals surface area contributed by atoms with E-state index >= 15 is 0 Å². The molecule has 6 heteroatoms. The van der Waals surface area contributed by atoms with Crippen LogP contribution in [-0.2, 0) is 4.74 Å². The molecule has 1 aromatic carbocycles. The Morgan fingerprint density at radius 3 is 2.84 bits per heavy atom. The summed E-state index contributed by atoms with van der Waals surface area (Å²) in [6.45, 7) is 5.07. The predicted molar refractivity (Wildman–Crippen MR) is 75.0 cm³/mol. The van der Waals surface area contributed by atoms with Gasteiger partial charge in [0.2, 0.25) is 0 Å². The van der Waals surface area contributed by atoms with Gasteiger partial charge in [-0.25, -0.2) is 4.79 Å². The third-order valence-electron chi connectivity index (χ3n) is 3.21. The SMILES string of the molecule is CC1CN(c2c(Cl)cc(N)cc2C(=O)O)C(C)CO1. The van der Waals surface area contributed by atoms with Crippen LogP contribution in [0, 0.1) is 0 Å². The van der Waals surface area contributed by atoms with E-state index in [2.05, 4.69) is 0 Å². The molecule has 0 bridgehead atoms. The lowest BCUT2D eigenvalue weighted by molar-refractivity contribution is 0.0341. The van der Waals surface area contributed by atoms with E-state index in [1.165, 1.54) is 6.07 Å². The Morgan fingerprint density at radius 1 is 1.53 bits per heavy atom. The van der Waals surface area contributed by atoms with Crippen LogP contribution in [0.4, 0.5) is 11.4 Å². The number of hydrogen-bond donors (Lipinski definition) is 2. The Morgan fingerprint density at radius 2 is 2.21 bits per heavy atom. The number of nitrogens with zero attached hydrogens (tertiary/aromatic N) is 1. The van der Waals surface area contributed by atoms with Crippen molar-refractivity contribution in [2.24, 2.45) is 0 Å². The molecule has 104 valence electrons. The van der Waals surface area contributed by atoms with Gasteiger partial charge in [-0.1, -0.05) is 11.6 Å². The minimum atomic E-state index is -1.03. The third-order valence-corrected chi connectivity index (χ3v) is 3.50. The lowest BCUT2D eigenvalue weighted by Crippen LogP contribution is -2.48. The Hall–Kier alpha value is -1.46. The smallest absolute Gasteiger partial charge is 0.337 e. The van der Waals surface area contributed by atoms with Crippen molar-refractivity contribution in [3.63, 3.8) is 0 Å². The first kappa shape index (κ1) is 14.0. The number of carbonyl (C=O) groups is 1. The average Bonchev–Trinajstić information content (AvgIpc) is 2.32. The zero-order valence-electron chi connectivity index (χ0n) is 10.9. The van der Waals surface area contributed by atoms with E-state index < -0.39 is 5.97 Å². The minimum absolute atomic E-state index is 0.0338. The normalized spacial score (nSPS) is 23.4. The maximum atomic E-state index is 11.4. The van der Waals surface area contributed by atoms with Crippen LogP contribution >= 0.6 is 11.6 Å². The molecule has 0 aliphatic carbocycles. The Balaban J connectivity index is 2.51. The van der Waals surface area contributed by atoms with E-state index in [1.807, 2.05) is 18.7 Å². The summed E-state index contributed by atoms with van der Waals surface area (Å²) in [5.41, 5.74) is 6.66. The van der Waals surface area contributed by atoms with Gasteiger partial charge in [-0.15, -0.1) is 0 Å². The molecule has 5 nitrogen and oxygen atoms in total. The van der Waals surface area contributed by atoms with Crippen LogP contribution < -0.4 is 10.6 Å². The first-order chi connectivity index (χ1) is 8.90. The number of nitrogens with two attached hydrogens (primary N) is 1. The summed E-state index contributed by atoms with van der Waals surface area (Å²) in [5.74, 6) is -1.03. The van der Waals surface area contributed by atoms with Crippen LogP contribution in [-0.4, -0.2) is 36.4 Å². The van der Waals surface area contributed by atoms with Gasteiger partial charge in [-0.2, -0.15) is 0 Å². The lowest BCUT2D eigenvalue weighted by atomic mass is 10.1. The van der Waals surface area contributed by atoms with E-state index in [-0.39, 0.29) is 17.7 Å². The third kappa shape index (κ3) is 2.77. The van der Waals surface area contributed by atoms with Crippen LogP contribution in [0.5, 0.6) is 0 Å². The number of carboxylic acid groups (broad SMARTS) is 1. The largest absolute Gasteiger partial charge is 0.478 e. The highest BCUT2D eigenvalue weighted by molar-refractivity contribution is 6.34. The molecule has 0 aromatic heterocycles. The number of morpholine rings is 1. The van der Waals surface area contributed by atoms with Crippen LogP contribution in [0.15, 0.2) is 12.1 Å². The van der Waals surface area contributed by atoms with E-state index in [9.17, 15) is 9.90 Å². The maximum absolute atomic E-state index is 11.4. The molecule has 19 heavy (non-hydrogen) atoms. The highest BCUT2D eigenvalue weighted by Gasteiger charge is 2.29. The quantitative estimate of drug-likeness (QED) is 0.815. The van der Waals surface area contributed by atoms with E-state index in [1.54, 1.807) is 6.07 Å². The number of anilines is 2. The van der Waals surface area contributed by atoms with Crippen LogP contribution in [0.3, 0.4) is 0 Å². The average molecular weight is 285 g/mol. The van der Waals surface area contributed by atoms with Gasteiger partial charge in [0.15, 0.2) is 0 Å². The fourth-order valence-corrected chi connectivity index (χ4v) is 2.63. The number of benzene rings is 1. The molecule has 0 radical (unpaired) electrons. The molecule has 3 N–H and O–H groups in total. The summed E-state index contributed by atoms with van der Waals surface area (Å²) >= 11 is 6.20. The van der Waals surface area contributed by atoms with Gasteiger partial charge >= 0.3 is 5.97 Å². The minimum Gasteiger partial charge on any atom is -0.478 e. The Kier molecular flexibility index (Phi) is 3.87. The molecule has 2 rings (SSSR count). The van der Waals surface area contributed by atoms with Crippen LogP contribution in [0.25, 0.3) is 0 Å². The molecule has 1 saturated heterocycles. The van der Waals surface area contributed by atoms with Crippen molar-refractivity contribution in [1.29, 1.82) is 0 Å². The molecule has 1 aliphatic heterocycles. The number of rotatable bonds is 2. The molecular formula is C13H17ClN2O3. The van der Waals surface area contributed by atoms with Crippen molar-refractivity contribution in [2.75, 3.05) is 23.8 Å². The standard InChI is InChI=1S/C13H17ClN2O3/c1-7-6-19-8(2)5-16(7)12-10(13(17)18)3-9(15)4-11(12)14/h3-4,7-8H,5-6,15H2,1-2H3,(H,17,18). The van der Waals surface area contributed by atoms with Crippen molar-refractivity contribution in [3.8, 4) is 0 Å². The number of hydrogen-bond acceptors (Lipinski definition) is 4. The van der Waals surface area contributed by atoms with Gasteiger partial charge in [-0.3, -0.25) is 0 Å². The zero-order valence-corrected chi connectivity index (χ0v) is 11.6. The van der Waals surface area contributed by atoms with E-state index in [4.69, 9.17) is 22.1 Å². The van der Waals surface area contributed by atoms with Crippen molar-refractivity contribution in [3.05, 3.63) is 22.7 Å². The summed E-state index contributed by atoms with van der Waals surface area (Å²) < 4.78 is 5.55. The topological polar surface area (TPSA) is 75.8 Å². The van der Waals surface area contributed by atoms with Crippen molar-refractivity contribution < 1.29 is 14.6 Å². The Bertz CT molecular complexity index is 507. The van der Waals surface area contributed by atoms with Gasteiger partial charge < -0.3 is 20.5 Å². The van der Waals surface area contributed by atoms with Crippen molar-refractivity contribution >= 4 is 28.9 Å². The van der Waals surface area contributed by atoms with Crippen molar-refractivity contribution in [2.45, 2.75) is 26.0 Å². The number of carboxylic acids is 1. The van der Waals surface area contributed by atoms with E-state index in [0.717, 1.165) is 0 Å². The second-order valence-electron chi connectivity index (χ2n) is 4.85. The van der Waals surface area contributed by atoms with E-state index in [0.29, 0.717) is 29.5 Å². The summed E-state index contributed by atoms with van der Waals surface area (Å²) in [4.78, 5) is 13.4. The van der Waals surface area contributed by atoms with Crippen LogP contribution in [0.1, 0.15) is 24.2 Å². The number of nitrogen functional groups attached to an aromatic ring is 1.